The number of benzene rings is 2. The van der Waals surface area contributed by atoms with Crippen LogP contribution in [0.3, 0.4) is 0 Å². The van der Waals surface area contributed by atoms with E-state index < -0.39 is 5.91 Å². The lowest BCUT2D eigenvalue weighted by atomic mass is 10.2. The van der Waals surface area contributed by atoms with Gasteiger partial charge in [0.1, 0.15) is 0 Å². The van der Waals surface area contributed by atoms with Crippen LogP contribution in [0.15, 0.2) is 65.3 Å². The quantitative estimate of drug-likeness (QED) is 0.610. The standard InChI is InChI=1S/C18H14N6O2/c1-12-7-5-6-10-14(12)19-17(25)18-20-16(22-26-18)15-11-24(23-21-15)13-8-3-2-4-9-13/h2-11H,1H3,(H,19,25). The van der Waals surface area contributed by atoms with Gasteiger partial charge in [-0.05, 0) is 30.7 Å². The van der Waals surface area contributed by atoms with Gasteiger partial charge < -0.3 is 9.84 Å². The largest absolute Gasteiger partial charge is 0.328 e. The summed E-state index contributed by atoms with van der Waals surface area (Å²) in [5.41, 5.74) is 2.89. The summed E-state index contributed by atoms with van der Waals surface area (Å²) in [6.45, 7) is 1.90. The zero-order valence-electron chi connectivity index (χ0n) is 13.8. The van der Waals surface area contributed by atoms with Crippen LogP contribution in [0.1, 0.15) is 16.2 Å². The lowest BCUT2D eigenvalue weighted by molar-refractivity contribution is 0.0981. The lowest BCUT2D eigenvalue weighted by Gasteiger charge is -2.04. The van der Waals surface area contributed by atoms with Crippen molar-refractivity contribution >= 4 is 11.6 Å². The van der Waals surface area contributed by atoms with E-state index in [2.05, 4.69) is 25.8 Å². The Kier molecular flexibility index (Phi) is 3.98. The van der Waals surface area contributed by atoms with Gasteiger partial charge in [0.25, 0.3) is 0 Å². The van der Waals surface area contributed by atoms with Crippen LogP contribution < -0.4 is 5.32 Å². The molecule has 0 aliphatic carbocycles. The van der Waals surface area contributed by atoms with E-state index in [0.717, 1.165) is 11.3 Å². The summed E-state index contributed by atoms with van der Waals surface area (Å²) in [6, 6.07) is 17.0. The molecule has 26 heavy (non-hydrogen) atoms. The highest BCUT2D eigenvalue weighted by Crippen LogP contribution is 2.17. The second-order valence-electron chi connectivity index (χ2n) is 5.58. The van der Waals surface area contributed by atoms with E-state index in [4.69, 9.17) is 4.52 Å². The number of aromatic nitrogens is 5. The van der Waals surface area contributed by atoms with Crippen LogP contribution in [-0.4, -0.2) is 31.0 Å². The van der Waals surface area contributed by atoms with Gasteiger partial charge in [-0.2, -0.15) is 4.98 Å². The van der Waals surface area contributed by atoms with E-state index in [9.17, 15) is 4.79 Å². The van der Waals surface area contributed by atoms with E-state index >= 15 is 0 Å². The first-order valence-corrected chi connectivity index (χ1v) is 7.89. The summed E-state index contributed by atoms with van der Waals surface area (Å²) in [7, 11) is 0. The molecule has 4 aromatic rings. The Labute approximate surface area is 148 Å². The fraction of sp³-hybridized carbons (Fsp3) is 0.0556. The second-order valence-corrected chi connectivity index (χ2v) is 5.58. The minimum Gasteiger partial charge on any atom is -0.328 e. The summed E-state index contributed by atoms with van der Waals surface area (Å²) in [5, 5.41) is 14.6. The smallest absolute Gasteiger partial charge is 0.316 e. The van der Waals surface area contributed by atoms with Crippen molar-refractivity contribution in [3.8, 4) is 17.2 Å². The van der Waals surface area contributed by atoms with Crippen molar-refractivity contribution in [2.45, 2.75) is 6.92 Å². The van der Waals surface area contributed by atoms with Gasteiger partial charge in [0.15, 0.2) is 5.69 Å². The number of carbonyl (C=O) groups excluding carboxylic acids is 1. The van der Waals surface area contributed by atoms with E-state index in [1.807, 2.05) is 55.5 Å². The van der Waals surface area contributed by atoms with Crippen molar-refractivity contribution in [3.63, 3.8) is 0 Å². The van der Waals surface area contributed by atoms with Gasteiger partial charge in [-0.1, -0.05) is 46.8 Å². The van der Waals surface area contributed by atoms with Crippen molar-refractivity contribution in [1.29, 1.82) is 0 Å². The Balaban J connectivity index is 1.54. The summed E-state index contributed by atoms with van der Waals surface area (Å²) in [6.07, 6.45) is 1.67. The van der Waals surface area contributed by atoms with Crippen molar-refractivity contribution < 1.29 is 9.32 Å². The Morgan fingerprint density at radius 3 is 2.65 bits per heavy atom. The maximum Gasteiger partial charge on any atom is 0.316 e. The van der Waals surface area contributed by atoms with Crippen molar-refractivity contribution in [3.05, 3.63) is 72.2 Å². The lowest BCUT2D eigenvalue weighted by Crippen LogP contribution is -2.13. The average Bonchev–Trinajstić information content (AvgIpc) is 3.34. The fourth-order valence-corrected chi connectivity index (χ4v) is 2.38. The minimum atomic E-state index is -0.478. The number of para-hydroxylation sites is 2. The Bertz CT molecular complexity index is 1050. The average molecular weight is 346 g/mol. The van der Waals surface area contributed by atoms with Crippen LogP contribution in [0.5, 0.6) is 0 Å². The predicted molar refractivity (Wildman–Crippen MR) is 93.8 cm³/mol. The van der Waals surface area contributed by atoms with Crippen LogP contribution in [0.4, 0.5) is 5.69 Å². The molecule has 0 spiro atoms. The van der Waals surface area contributed by atoms with Gasteiger partial charge in [0, 0.05) is 5.69 Å². The number of aryl methyl sites for hydroxylation is 1. The maximum atomic E-state index is 12.3. The first-order chi connectivity index (χ1) is 12.7. The molecule has 0 unspecified atom stereocenters. The van der Waals surface area contributed by atoms with Crippen molar-refractivity contribution in [2.24, 2.45) is 0 Å². The van der Waals surface area contributed by atoms with E-state index in [1.165, 1.54) is 0 Å². The topological polar surface area (TPSA) is 98.7 Å². The number of hydrogen-bond acceptors (Lipinski definition) is 6. The van der Waals surface area contributed by atoms with Gasteiger partial charge in [-0.15, -0.1) is 5.10 Å². The van der Waals surface area contributed by atoms with Gasteiger partial charge >= 0.3 is 11.8 Å². The van der Waals surface area contributed by atoms with Crippen LogP contribution >= 0.6 is 0 Å². The van der Waals surface area contributed by atoms with Gasteiger partial charge in [-0.3, -0.25) is 4.79 Å². The molecule has 0 saturated heterocycles. The Hall–Kier alpha value is -3.81. The number of hydrogen-bond donors (Lipinski definition) is 1. The molecule has 1 amide bonds. The molecule has 8 nitrogen and oxygen atoms in total. The van der Waals surface area contributed by atoms with Crippen molar-refractivity contribution in [2.75, 3.05) is 5.32 Å². The summed E-state index contributed by atoms with van der Waals surface area (Å²) < 4.78 is 6.65. The highest BCUT2D eigenvalue weighted by atomic mass is 16.5. The van der Waals surface area contributed by atoms with E-state index in [-0.39, 0.29) is 11.7 Å². The highest BCUT2D eigenvalue weighted by Gasteiger charge is 2.18. The molecule has 2 aromatic carbocycles. The van der Waals surface area contributed by atoms with Gasteiger partial charge in [0.05, 0.1) is 11.9 Å². The van der Waals surface area contributed by atoms with Crippen LogP contribution in [-0.2, 0) is 0 Å². The molecular formula is C18H14N6O2. The number of amides is 1. The second kappa shape index (κ2) is 6.60. The molecule has 2 aromatic heterocycles. The minimum absolute atomic E-state index is 0.141. The predicted octanol–water partition coefficient (Wildman–Crippen LogP) is 2.88. The van der Waals surface area contributed by atoms with E-state index in [0.29, 0.717) is 11.4 Å². The first-order valence-electron chi connectivity index (χ1n) is 7.89. The molecule has 0 radical (unpaired) electrons. The maximum absolute atomic E-state index is 12.3. The van der Waals surface area contributed by atoms with E-state index in [1.54, 1.807) is 16.9 Å². The molecule has 2 heterocycles. The molecule has 0 aliphatic heterocycles. The van der Waals surface area contributed by atoms with Crippen LogP contribution in [0.25, 0.3) is 17.2 Å². The number of anilines is 1. The summed E-state index contributed by atoms with van der Waals surface area (Å²) >= 11 is 0. The number of carbonyl (C=O) groups is 1. The highest BCUT2D eigenvalue weighted by molar-refractivity contribution is 6.01. The zero-order chi connectivity index (χ0) is 17.9. The van der Waals surface area contributed by atoms with Crippen LogP contribution in [0.2, 0.25) is 0 Å². The number of nitrogens with zero attached hydrogens (tertiary/aromatic N) is 5. The fourth-order valence-electron chi connectivity index (χ4n) is 2.38. The molecular weight excluding hydrogens is 332 g/mol. The Morgan fingerprint density at radius 2 is 1.85 bits per heavy atom. The zero-order valence-corrected chi connectivity index (χ0v) is 13.8. The molecule has 0 fully saturated rings. The third kappa shape index (κ3) is 3.07. The number of nitrogens with one attached hydrogen (secondary N) is 1. The first kappa shape index (κ1) is 15.7. The molecule has 0 bridgehead atoms. The van der Waals surface area contributed by atoms with Crippen molar-refractivity contribution in [1.82, 2.24) is 25.1 Å². The summed E-state index contributed by atoms with van der Waals surface area (Å²) in [4.78, 5) is 16.4. The molecule has 128 valence electrons. The molecule has 0 saturated carbocycles. The monoisotopic (exact) mass is 346 g/mol. The molecule has 1 N–H and O–H groups in total. The molecule has 4 rings (SSSR count). The third-order valence-corrected chi connectivity index (χ3v) is 3.76. The van der Waals surface area contributed by atoms with Gasteiger partial charge in [0.2, 0.25) is 5.82 Å². The Morgan fingerprint density at radius 1 is 1.08 bits per heavy atom. The molecule has 0 aliphatic rings. The molecule has 8 heteroatoms. The SMILES string of the molecule is Cc1ccccc1NC(=O)c1nc(-c2cn(-c3ccccc3)nn2)no1. The third-order valence-electron chi connectivity index (χ3n) is 3.76. The summed E-state index contributed by atoms with van der Waals surface area (Å²) in [5.74, 6) is -0.423. The van der Waals surface area contributed by atoms with Gasteiger partial charge in [-0.25, -0.2) is 4.68 Å². The molecule has 0 atom stereocenters. The number of rotatable bonds is 4. The van der Waals surface area contributed by atoms with Crippen LogP contribution in [0, 0.1) is 6.92 Å². The normalized spacial score (nSPS) is 10.7.